The monoisotopic (exact) mass is 584 g/mol. The van der Waals surface area contributed by atoms with E-state index in [1.807, 2.05) is 18.2 Å². The van der Waals surface area contributed by atoms with Gasteiger partial charge in [0, 0.05) is 59.0 Å². The van der Waals surface area contributed by atoms with Crippen LogP contribution in [0, 0.1) is 5.92 Å². The normalized spacial score (nSPS) is 15.8. The van der Waals surface area contributed by atoms with Crippen LogP contribution in [0.2, 0.25) is 10.0 Å². The molecule has 204 valence electrons. The first-order valence-corrected chi connectivity index (χ1v) is 14.7. The number of hydrogen-bond donors (Lipinski definition) is 1. The molecule has 0 aliphatic carbocycles. The molecule has 9 heteroatoms. The Kier molecular flexibility index (Phi) is 9.64. The molecule has 1 aromatic heterocycles. The second-order valence-corrected chi connectivity index (χ2v) is 11.7. The number of aliphatic hydroxyl groups is 1. The summed E-state index contributed by atoms with van der Waals surface area (Å²) >= 11 is 11.6. The van der Waals surface area contributed by atoms with Gasteiger partial charge in [-0.15, -0.1) is 0 Å². The molecule has 3 aromatic carbocycles. The highest BCUT2D eigenvalue weighted by atomic mass is 35.5. The molecule has 0 saturated carbocycles. The van der Waals surface area contributed by atoms with Crippen LogP contribution in [0.1, 0.15) is 24.1 Å². The first-order valence-electron chi connectivity index (χ1n) is 12.6. The molecule has 5 rings (SSSR count). The van der Waals surface area contributed by atoms with Gasteiger partial charge < -0.3 is 14.6 Å². The molecule has 1 fully saturated rings. The average Bonchev–Trinajstić information content (AvgIpc) is 2.93. The van der Waals surface area contributed by atoms with Crippen molar-refractivity contribution in [2.75, 3.05) is 24.6 Å². The molecule has 6 nitrogen and oxygen atoms in total. The number of aliphatic hydroxyl groups excluding tert-OH is 1. The van der Waals surface area contributed by atoms with Crippen molar-refractivity contribution in [2.45, 2.75) is 17.7 Å². The van der Waals surface area contributed by atoms with E-state index >= 15 is 0 Å². The van der Waals surface area contributed by atoms with Gasteiger partial charge in [0.05, 0.1) is 4.90 Å². The van der Waals surface area contributed by atoms with Crippen LogP contribution < -0.4 is 9.47 Å². The minimum absolute atomic E-state index is 0.262. The highest BCUT2D eigenvalue weighted by Gasteiger charge is 2.19. The number of aryl methyl sites for hydroxylation is 1. The maximum atomic E-state index is 10.3. The van der Waals surface area contributed by atoms with Crippen LogP contribution in [0.5, 0.6) is 0 Å². The average molecular weight is 586 g/mol. The van der Waals surface area contributed by atoms with E-state index in [0.29, 0.717) is 10.9 Å². The predicted octanol–water partition coefficient (Wildman–Crippen LogP) is 5.94. The molecule has 2 heterocycles. The van der Waals surface area contributed by atoms with Gasteiger partial charge in [0.1, 0.15) is 17.2 Å². The van der Waals surface area contributed by atoms with E-state index in [1.165, 1.54) is 40.9 Å². The lowest BCUT2D eigenvalue weighted by Crippen LogP contribution is -2.36. The van der Waals surface area contributed by atoms with E-state index in [4.69, 9.17) is 23.2 Å². The largest absolute Gasteiger partial charge is 0.744 e. The van der Waals surface area contributed by atoms with Crippen LogP contribution in [-0.2, 0) is 17.2 Å². The molecule has 0 amide bonds. The number of fused-ring (bicyclic) bond motifs is 1. The minimum atomic E-state index is -4.33. The van der Waals surface area contributed by atoms with Gasteiger partial charge in [-0.05, 0) is 85.0 Å². The molecule has 4 aromatic rings. The van der Waals surface area contributed by atoms with Gasteiger partial charge in [-0.3, -0.25) is 0 Å². The van der Waals surface area contributed by atoms with Crippen molar-refractivity contribution >= 4 is 62.1 Å². The second-order valence-electron chi connectivity index (χ2n) is 9.49. The van der Waals surface area contributed by atoms with E-state index in [1.54, 1.807) is 0 Å². The Bertz CT molecular complexity index is 1560. The van der Waals surface area contributed by atoms with Crippen molar-refractivity contribution in [1.82, 2.24) is 0 Å². The van der Waals surface area contributed by atoms with Crippen molar-refractivity contribution in [1.29, 1.82) is 0 Å². The molecule has 1 aliphatic rings. The third kappa shape index (κ3) is 7.81. The van der Waals surface area contributed by atoms with Gasteiger partial charge in [0.25, 0.3) is 0 Å². The molecular weight excluding hydrogens is 555 g/mol. The zero-order valence-electron chi connectivity index (χ0n) is 21.5. The number of rotatable bonds is 5. The minimum Gasteiger partial charge on any atom is -0.744 e. The van der Waals surface area contributed by atoms with E-state index in [0.717, 1.165) is 42.2 Å². The molecule has 0 bridgehead atoms. The maximum absolute atomic E-state index is 10.3. The number of aromatic nitrogens is 1. The highest BCUT2D eigenvalue weighted by molar-refractivity contribution is 7.85. The number of nitrogens with zero attached hydrogens (tertiary/aromatic N) is 2. The molecule has 1 atom stereocenters. The van der Waals surface area contributed by atoms with Crippen LogP contribution >= 0.6 is 23.2 Å². The summed E-state index contributed by atoms with van der Waals surface area (Å²) in [5.74, 6) is 0.398. The van der Waals surface area contributed by atoms with Gasteiger partial charge in [0.2, 0.25) is 11.2 Å². The van der Waals surface area contributed by atoms with Crippen LogP contribution in [0.4, 0.5) is 5.69 Å². The Morgan fingerprint density at radius 1 is 0.974 bits per heavy atom. The summed E-state index contributed by atoms with van der Waals surface area (Å²) in [6, 6.07) is 24.0. The van der Waals surface area contributed by atoms with Crippen molar-refractivity contribution < 1.29 is 22.6 Å². The summed E-state index contributed by atoms with van der Waals surface area (Å²) in [6.07, 6.45) is 6.55. The molecule has 0 spiro atoms. The SMILES string of the molecule is C[n+]1c(C=Cc2ccc(N3CCCC(CO)C3)cc2)ccc2ccc(Cl)cc21.O=S(=O)([O-])c1ccc(Cl)cc1. The highest BCUT2D eigenvalue weighted by Crippen LogP contribution is 2.24. The fourth-order valence-corrected chi connectivity index (χ4v) is 5.33. The van der Waals surface area contributed by atoms with Crippen LogP contribution in [0.3, 0.4) is 0 Å². The number of halogens is 2. The fourth-order valence-electron chi connectivity index (χ4n) is 4.57. The van der Waals surface area contributed by atoms with Gasteiger partial charge in [-0.2, -0.15) is 4.57 Å². The molecule has 1 unspecified atom stereocenters. The molecule has 0 radical (unpaired) electrons. The Morgan fingerprint density at radius 3 is 2.31 bits per heavy atom. The van der Waals surface area contributed by atoms with E-state index in [9.17, 15) is 18.1 Å². The first-order chi connectivity index (χ1) is 18.6. The lowest BCUT2D eigenvalue weighted by Gasteiger charge is -2.33. The van der Waals surface area contributed by atoms with Crippen LogP contribution in [0.25, 0.3) is 23.1 Å². The summed E-state index contributed by atoms with van der Waals surface area (Å²) in [7, 11) is -2.26. The van der Waals surface area contributed by atoms with Crippen molar-refractivity contribution in [2.24, 2.45) is 13.0 Å². The zero-order valence-corrected chi connectivity index (χ0v) is 23.8. The topological polar surface area (TPSA) is 84.5 Å². The lowest BCUT2D eigenvalue weighted by atomic mass is 9.98. The van der Waals surface area contributed by atoms with Crippen molar-refractivity contribution in [3.63, 3.8) is 0 Å². The predicted molar refractivity (Wildman–Crippen MR) is 157 cm³/mol. The Labute approximate surface area is 239 Å². The number of piperidine rings is 1. The van der Waals surface area contributed by atoms with Crippen molar-refractivity contribution in [3.05, 3.63) is 100 Å². The van der Waals surface area contributed by atoms with Gasteiger partial charge in [-0.1, -0.05) is 35.3 Å². The lowest BCUT2D eigenvalue weighted by molar-refractivity contribution is -0.646. The standard InChI is InChI=1S/C24H26ClN2O.C6H5ClO3S/c1-26-22(13-8-20-7-9-21(25)15-24(20)26)10-4-18-5-11-23(12-6-18)27-14-2-3-19(16-27)17-28;7-5-1-3-6(4-2-5)11(8,9)10/h4-13,15,19,28H,2-3,14,16-17H2,1H3;1-4H,(H,8,9,10)/q+1;/p-1. The summed E-state index contributed by atoms with van der Waals surface area (Å²) < 4.78 is 33.2. The Balaban J connectivity index is 0.000000270. The maximum Gasteiger partial charge on any atom is 0.214 e. The number of anilines is 1. The fraction of sp³-hybridized carbons (Fsp3) is 0.233. The third-order valence-electron chi connectivity index (χ3n) is 6.76. The first kappa shape index (κ1) is 29.1. The molecule has 1 aliphatic heterocycles. The van der Waals surface area contributed by atoms with E-state index in [2.05, 4.69) is 65.1 Å². The van der Waals surface area contributed by atoms with Crippen LogP contribution in [-0.4, -0.2) is 37.8 Å². The van der Waals surface area contributed by atoms with E-state index < -0.39 is 10.1 Å². The van der Waals surface area contributed by atoms with Gasteiger partial charge in [0.15, 0.2) is 0 Å². The Hall–Kier alpha value is -2.94. The number of benzene rings is 3. The molecule has 1 N–H and O–H groups in total. The summed E-state index contributed by atoms with van der Waals surface area (Å²) in [6.45, 7) is 2.30. The van der Waals surface area contributed by atoms with Crippen molar-refractivity contribution in [3.8, 4) is 0 Å². The third-order valence-corrected chi connectivity index (χ3v) is 8.10. The summed E-state index contributed by atoms with van der Waals surface area (Å²) in [5, 5.41) is 11.8. The quantitative estimate of drug-likeness (QED) is 0.232. The second kappa shape index (κ2) is 12.9. The summed E-state index contributed by atoms with van der Waals surface area (Å²) in [5.41, 5.74) is 4.65. The zero-order chi connectivity index (χ0) is 28.0. The number of pyridine rings is 1. The van der Waals surface area contributed by atoms with Gasteiger partial charge in [-0.25, -0.2) is 8.42 Å². The Morgan fingerprint density at radius 2 is 1.64 bits per heavy atom. The summed E-state index contributed by atoms with van der Waals surface area (Å²) in [4.78, 5) is 2.12. The van der Waals surface area contributed by atoms with Crippen LogP contribution in [0.15, 0.2) is 83.8 Å². The molecular formula is C30H30Cl2N2O4S. The van der Waals surface area contributed by atoms with Gasteiger partial charge >= 0.3 is 0 Å². The van der Waals surface area contributed by atoms with E-state index in [-0.39, 0.29) is 11.5 Å². The smallest absolute Gasteiger partial charge is 0.214 e. The molecule has 1 saturated heterocycles. The number of hydrogen-bond acceptors (Lipinski definition) is 5. The molecule has 39 heavy (non-hydrogen) atoms.